The minimum Gasteiger partial charge on any atom is -0.478 e. The lowest BCUT2D eigenvalue weighted by atomic mass is 9.48. The Morgan fingerprint density at radius 3 is 2.24 bits per heavy atom. The fourth-order valence-electron chi connectivity index (χ4n) is 7.42. The second kappa shape index (κ2) is 11.4. The number of carboxylic acid groups (broad SMARTS) is 1. The summed E-state index contributed by atoms with van der Waals surface area (Å²) in [5, 5.41) is 9.13. The summed E-state index contributed by atoms with van der Waals surface area (Å²) in [5.41, 5.74) is 3.94. The summed E-state index contributed by atoms with van der Waals surface area (Å²) in [6.07, 6.45) is 11.6. The number of rotatable bonds is 12. The molecular weight excluding hydrogens is 480 g/mol. The van der Waals surface area contributed by atoms with Crippen molar-refractivity contribution in [2.45, 2.75) is 57.3 Å². The monoisotopic (exact) mass is 518 g/mol. The first kappa shape index (κ1) is 26.6. The second-order valence-corrected chi connectivity index (χ2v) is 11.3. The van der Waals surface area contributed by atoms with Crippen molar-refractivity contribution in [3.8, 4) is 5.75 Å². The summed E-state index contributed by atoms with van der Waals surface area (Å²) in [4.78, 5) is 24.7. The zero-order valence-corrected chi connectivity index (χ0v) is 22.4. The first-order valence-corrected chi connectivity index (χ1v) is 13.8. The topological polar surface area (TPSA) is 82.1 Å². The molecule has 38 heavy (non-hydrogen) atoms. The van der Waals surface area contributed by atoms with E-state index in [-0.39, 0.29) is 23.6 Å². The molecule has 4 aliphatic rings. The lowest BCUT2D eigenvalue weighted by Crippen LogP contribution is -2.48. The molecule has 2 aromatic carbocycles. The van der Waals surface area contributed by atoms with E-state index in [1.807, 2.05) is 0 Å². The Balaban J connectivity index is 1.46. The fourth-order valence-corrected chi connectivity index (χ4v) is 7.42. The van der Waals surface area contributed by atoms with Crippen molar-refractivity contribution in [2.75, 3.05) is 27.1 Å². The van der Waals surface area contributed by atoms with Gasteiger partial charge < -0.3 is 19.3 Å². The van der Waals surface area contributed by atoms with Gasteiger partial charge in [-0.15, -0.1) is 0 Å². The highest BCUT2D eigenvalue weighted by Crippen LogP contribution is 2.62. The normalized spacial score (nSPS) is 25.7. The van der Waals surface area contributed by atoms with Gasteiger partial charge in [0.15, 0.2) is 12.6 Å². The molecule has 6 heteroatoms. The van der Waals surface area contributed by atoms with Gasteiger partial charge in [0, 0.05) is 18.2 Å². The molecular formula is C32H38O6. The van der Waals surface area contributed by atoms with Gasteiger partial charge in [-0.2, -0.15) is 0 Å². The van der Waals surface area contributed by atoms with Gasteiger partial charge in [0.25, 0.3) is 0 Å². The van der Waals surface area contributed by atoms with Crippen LogP contribution in [0.2, 0.25) is 0 Å². The first-order chi connectivity index (χ1) is 18.4. The standard InChI is InChI=1S/C32H38O6/c1-3-25-15-30(38-20-37-11-10-36-2)28(32-17-22-12-23(18-32)14-24(13-22)19-32)16-27(25)29(33)9-6-21-4-7-26(8-5-21)31(34)35/h4-9,15-16,22-24H,3,10-14,17-20H2,1-2H3,(H,34,35)/b9-6+. The average Bonchev–Trinajstić information content (AvgIpc) is 2.90. The van der Waals surface area contributed by atoms with Gasteiger partial charge in [-0.05, 0) is 110 Å². The van der Waals surface area contributed by atoms with Crippen LogP contribution in [0.3, 0.4) is 0 Å². The third kappa shape index (κ3) is 5.57. The Kier molecular flexibility index (Phi) is 8.01. The third-order valence-corrected chi connectivity index (χ3v) is 8.78. The Morgan fingerprint density at radius 1 is 1.00 bits per heavy atom. The van der Waals surface area contributed by atoms with Gasteiger partial charge in [0.2, 0.25) is 0 Å². The van der Waals surface area contributed by atoms with Gasteiger partial charge in [0.05, 0.1) is 18.8 Å². The predicted octanol–water partition coefficient (Wildman–Crippen LogP) is 6.31. The van der Waals surface area contributed by atoms with Crippen LogP contribution in [0.5, 0.6) is 5.75 Å². The maximum absolute atomic E-state index is 13.5. The summed E-state index contributed by atoms with van der Waals surface area (Å²) in [5.74, 6) is 2.15. The van der Waals surface area contributed by atoms with Crippen molar-refractivity contribution in [2.24, 2.45) is 17.8 Å². The molecule has 4 fully saturated rings. The van der Waals surface area contributed by atoms with Crippen molar-refractivity contribution in [3.63, 3.8) is 0 Å². The number of carbonyl (C=O) groups excluding carboxylic acids is 1. The van der Waals surface area contributed by atoms with E-state index < -0.39 is 5.97 Å². The van der Waals surface area contributed by atoms with Gasteiger partial charge in [-0.25, -0.2) is 4.79 Å². The molecule has 0 amide bonds. The fraction of sp³-hybridized carbons (Fsp3) is 0.500. The van der Waals surface area contributed by atoms with E-state index in [9.17, 15) is 9.59 Å². The maximum atomic E-state index is 13.5. The number of carbonyl (C=O) groups is 2. The van der Waals surface area contributed by atoms with Crippen LogP contribution in [0.4, 0.5) is 0 Å². The van der Waals surface area contributed by atoms with Crippen LogP contribution in [-0.2, 0) is 21.3 Å². The van der Waals surface area contributed by atoms with Crippen LogP contribution in [0.15, 0.2) is 42.5 Å². The van der Waals surface area contributed by atoms with E-state index in [1.165, 1.54) is 44.1 Å². The molecule has 1 N–H and O–H groups in total. The second-order valence-electron chi connectivity index (χ2n) is 11.3. The summed E-state index contributed by atoms with van der Waals surface area (Å²) in [7, 11) is 1.65. The molecule has 0 aromatic heterocycles. The average molecular weight is 519 g/mol. The number of methoxy groups -OCH3 is 1. The minimum atomic E-state index is -0.965. The summed E-state index contributed by atoms with van der Waals surface area (Å²) in [6, 6.07) is 10.7. The largest absolute Gasteiger partial charge is 0.478 e. The summed E-state index contributed by atoms with van der Waals surface area (Å²) < 4.78 is 17.0. The van der Waals surface area contributed by atoms with Crippen molar-refractivity contribution < 1.29 is 28.9 Å². The molecule has 0 heterocycles. The lowest BCUT2D eigenvalue weighted by Gasteiger charge is -2.57. The molecule has 0 aliphatic heterocycles. The van der Waals surface area contributed by atoms with E-state index in [0.29, 0.717) is 19.6 Å². The molecule has 4 saturated carbocycles. The highest BCUT2D eigenvalue weighted by molar-refractivity contribution is 6.08. The molecule has 0 unspecified atom stereocenters. The number of hydrogen-bond donors (Lipinski definition) is 1. The number of aromatic carboxylic acids is 1. The minimum absolute atomic E-state index is 0.0435. The van der Waals surface area contributed by atoms with Crippen LogP contribution in [0, 0.1) is 17.8 Å². The molecule has 6 rings (SSSR count). The maximum Gasteiger partial charge on any atom is 0.335 e. The molecule has 0 radical (unpaired) electrons. The quantitative estimate of drug-likeness (QED) is 0.153. The highest BCUT2D eigenvalue weighted by Gasteiger charge is 2.52. The number of ketones is 1. The van der Waals surface area contributed by atoms with E-state index in [1.54, 1.807) is 43.5 Å². The molecule has 0 saturated heterocycles. The van der Waals surface area contributed by atoms with Crippen molar-refractivity contribution in [1.82, 2.24) is 0 Å². The number of benzene rings is 2. The number of allylic oxidation sites excluding steroid dienone is 1. The van der Waals surface area contributed by atoms with Crippen LogP contribution in [-0.4, -0.2) is 44.0 Å². The van der Waals surface area contributed by atoms with Crippen LogP contribution in [0.1, 0.15) is 82.9 Å². The van der Waals surface area contributed by atoms with E-state index in [0.717, 1.165) is 40.2 Å². The zero-order chi connectivity index (χ0) is 26.7. The van der Waals surface area contributed by atoms with Crippen LogP contribution in [0.25, 0.3) is 6.08 Å². The Hall–Kier alpha value is -2.96. The van der Waals surface area contributed by atoms with Gasteiger partial charge in [-0.1, -0.05) is 25.1 Å². The highest BCUT2D eigenvalue weighted by atomic mass is 16.7. The molecule has 2 aromatic rings. The Bertz CT molecular complexity index is 1160. The summed E-state index contributed by atoms with van der Waals surface area (Å²) >= 11 is 0. The van der Waals surface area contributed by atoms with E-state index in [2.05, 4.69) is 19.1 Å². The number of ether oxygens (including phenoxy) is 3. The molecule has 6 nitrogen and oxygen atoms in total. The zero-order valence-electron chi connectivity index (χ0n) is 22.4. The molecule has 0 atom stereocenters. The third-order valence-electron chi connectivity index (χ3n) is 8.78. The molecule has 4 aliphatic carbocycles. The van der Waals surface area contributed by atoms with Crippen molar-refractivity contribution in [1.29, 1.82) is 0 Å². The van der Waals surface area contributed by atoms with E-state index in [4.69, 9.17) is 19.3 Å². The van der Waals surface area contributed by atoms with Gasteiger partial charge in [-0.3, -0.25) is 4.79 Å². The molecule has 4 bridgehead atoms. The van der Waals surface area contributed by atoms with Crippen LogP contribution < -0.4 is 4.74 Å². The SMILES string of the molecule is CCc1cc(OCOCCOC)c(C23CC4CC(CC(C4)C2)C3)cc1C(=O)/C=C/c1ccc(C(=O)O)cc1. The first-order valence-electron chi connectivity index (χ1n) is 13.8. The molecule has 202 valence electrons. The molecule has 0 spiro atoms. The summed E-state index contributed by atoms with van der Waals surface area (Å²) in [6.45, 7) is 3.21. The van der Waals surface area contributed by atoms with Crippen molar-refractivity contribution >= 4 is 17.8 Å². The Labute approximate surface area is 225 Å². The Morgan fingerprint density at radius 2 is 1.66 bits per heavy atom. The van der Waals surface area contributed by atoms with Crippen LogP contribution >= 0.6 is 0 Å². The van der Waals surface area contributed by atoms with Gasteiger partial charge in [0.1, 0.15) is 5.75 Å². The smallest absolute Gasteiger partial charge is 0.335 e. The number of hydrogen-bond acceptors (Lipinski definition) is 5. The predicted molar refractivity (Wildman–Crippen MR) is 146 cm³/mol. The van der Waals surface area contributed by atoms with Gasteiger partial charge >= 0.3 is 5.97 Å². The lowest BCUT2D eigenvalue weighted by molar-refractivity contribution is -0.0190. The number of aryl methyl sites for hydroxylation is 1. The van der Waals surface area contributed by atoms with E-state index >= 15 is 0 Å². The number of carboxylic acids is 1. The van der Waals surface area contributed by atoms with Crippen molar-refractivity contribution in [3.05, 3.63) is 70.3 Å².